The van der Waals surface area contributed by atoms with Crippen molar-refractivity contribution in [2.24, 2.45) is 0 Å². The first-order chi connectivity index (χ1) is 16.1. The Morgan fingerprint density at radius 2 is 1.67 bits per heavy atom. The van der Waals surface area contributed by atoms with E-state index in [1.165, 1.54) is 0 Å². The van der Waals surface area contributed by atoms with E-state index in [0.29, 0.717) is 31.0 Å². The van der Waals surface area contributed by atoms with Gasteiger partial charge in [-0.05, 0) is 34.4 Å². The predicted molar refractivity (Wildman–Crippen MR) is 127 cm³/mol. The van der Waals surface area contributed by atoms with Gasteiger partial charge in [-0.25, -0.2) is 0 Å². The Kier molecular flexibility index (Phi) is 6.93. The first-order valence-electron chi connectivity index (χ1n) is 11.0. The highest BCUT2D eigenvalue weighted by Crippen LogP contribution is 2.28. The minimum Gasteiger partial charge on any atom is -0.493 e. The van der Waals surface area contributed by atoms with Crippen molar-refractivity contribution in [3.63, 3.8) is 0 Å². The number of hydrogen-bond donors (Lipinski definition) is 1. The van der Waals surface area contributed by atoms with Crippen LogP contribution in [0.4, 0.5) is 0 Å². The highest BCUT2D eigenvalue weighted by atomic mass is 16.5. The molecule has 170 valence electrons. The van der Waals surface area contributed by atoms with Crippen LogP contribution in [0.25, 0.3) is 11.1 Å². The average Bonchev–Trinajstić information content (AvgIpc) is 2.86. The number of amides is 2. The summed E-state index contributed by atoms with van der Waals surface area (Å²) in [5.41, 5.74) is 4.04. The summed E-state index contributed by atoms with van der Waals surface area (Å²) in [5, 5.41) is 2.91. The van der Waals surface area contributed by atoms with E-state index in [4.69, 9.17) is 9.47 Å². The van der Waals surface area contributed by atoms with Crippen LogP contribution >= 0.6 is 0 Å². The molecule has 3 aromatic rings. The van der Waals surface area contributed by atoms with Crippen molar-refractivity contribution in [1.82, 2.24) is 10.2 Å². The van der Waals surface area contributed by atoms with E-state index in [1.54, 1.807) is 31.3 Å². The first kappa shape index (κ1) is 22.4. The highest BCUT2D eigenvalue weighted by Gasteiger charge is 2.33. The van der Waals surface area contributed by atoms with E-state index in [2.05, 4.69) is 29.6 Å². The summed E-state index contributed by atoms with van der Waals surface area (Å²) in [6.07, 6.45) is 0.651. The molecule has 3 aromatic carbocycles. The molecule has 1 fully saturated rings. The Bertz CT molecular complexity index is 1130. The van der Waals surface area contributed by atoms with Crippen molar-refractivity contribution >= 4 is 11.8 Å². The third-order valence-corrected chi connectivity index (χ3v) is 5.92. The molecular formula is C27H28N2O4. The van der Waals surface area contributed by atoms with Crippen LogP contribution < -0.4 is 14.8 Å². The van der Waals surface area contributed by atoms with Crippen molar-refractivity contribution in [3.05, 3.63) is 83.9 Å². The van der Waals surface area contributed by atoms with Crippen molar-refractivity contribution in [2.75, 3.05) is 27.3 Å². The van der Waals surface area contributed by atoms with Crippen LogP contribution in [0.1, 0.15) is 11.1 Å². The lowest BCUT2D eigenvalue weighted by molar-refractivity contribution is -0.142. The molecule has 1 aliphatic rings. The van der Waals surface area contributed by atoms with Crippen LogP contribution in [0, 0.1) is 0 Å². The van der Waals surface area contributed by atoms with Crippen LogP contribution in [0.2, 0.25) is 0 Å². The molecule has 2 amide bonds. The van der Waals surface area contributed by atoms with Crippen LogP contribution in [0.15, 0.2) is 72.8 Å². The molecule has 1 unspecified atom stereocenters. The van der Waals surface area contributed by atoms with Crippen LogP contribution in [-0.2, 0) is 22.4 Å². The average molecular weight is 445 g/mol. The number of rotatable bonds is 7. The fourth-order valence-electron chi connectivity index (χ4n) is 4.21. The monoisotopic (exact) mass is 444 g/mol. The second-order valence-corrected chi connectivity index (χ2v) is 8.03. The van der Waals surface area contributed by atoms with Crippen molar-refractivity contribution in [2.45, 2.75) is 18.9 Å². The Labute approximate surface area is 194 Å². The SMILES string of the molecule is COc1ccc(CC(=O)N2CCNC(=O)C2Cc2cccc(-c3ccccc3)c2)cc1OC. The molecule has 0 spiro atoms. The molecule has 0 aliphatic carbocycles. The number of hydrogen-bond acceptors (Lipinski definition) is 4. The maximum Gasteiger partial charge on any atom is 0.243 e. The Hall–Kier alpha value is -3.80. The van der Waals surface area contributed by atoms with Gasteiger partial charge in [0.15, 0.2) is 11.5 Å². The summed E-state index contributed by atoms with van der Waals surface area (Å²) < 4.78 is 10.6. The van der Waals surface area contributed by atoms with Crippen LogP contribution in [0.5, 0.6) is 11.5 Å². The maximum atomic E-state index is 13.2. The molecule has 6 heteroatoms. The van der Waals surface area contributed by atoms with E-state index < -0.39 is 6.04 Å². The molecule has 0 bridgehead atoms. The maximum absolute atomic E-state index is 13.2. The van der Waals surface area contributed by atoms with Crippen LogP contribution in [-0.4, -0.2) is 50.1 Å². The van der Waals surface area contributed by atoms with Gasteiger partial charge >= 0.3 is 0 Å². The number of carbonyl (C=O) groups excluding carboxylic acids is 2. The predicted octanol–water partition coefficient (Wildman–Crippen LogP) is 3.48. The molecular weight excluding hydrogens is 416 g/mol. The molecule has 0 saturated carbocycles. The second kappa shape index (κ2) is 10.2. The topological polar surface area (TPSA) is 67.9 Å². The molecule has 0 radical (unpaired) electrons. The van der Waals surface area contributed by atoms with E-state index >= 15 is 0 Å². The number of carbonyl (C=O) groups is 2. The van der Waals surface area contributed by atoms with Gasteiger partial charge in [0.1, 0.15) is 6.04 Å². The van der Waals surface area contributed by atoms with Gasteiger partial charge in [0.2, 0.25) is 11.8 Å². The zero-order chi connectivity index (χ0) is 23.2. The third kappa shape index (κ3) is 5.17. The third-order valence-electron chi connectivity index (χ3n) is 5.92. The van der Waals surface area contributed by atoms with Gasteiger partial charge in [-0.1, -0.05) is 60.7 Å². The standard InChI is InChI=1S/C27H28N2O4/c1-32-24-12-11-20(17-25(24)33-2)18-26(30)29-14-13-28-27(31)23(29)16-19-7-6-10-22(15-19)21-8-4-3-5-9-21/h3-12,15,17,23H,13-14,16,18H2,1-2H3,(H,28,31). The fraction of sp³-hybridized carbons (Fsp3) is 0.259. The number of ether oxygens (including phenoxy) is 2. The number of piperazine rings is 1. The van der Waals surface area contributed by atoms with Crippen molar-refractivity contribution < 1.29 is 19.1 Å². The van der Waals surface area contributed by atoms with Gasteiger partial charge < -0.3 is 19.7 Å². The molecule has 4 rings (SSSR count). The molecule has 33 heavy (non-hydrogen) atoms. The van der Waals surface area contributed by atoms with Crippen molar-refractivity contribution in [1.29, 1.82) is 0 Å². The summed E-state index contributed by atoms with van der Waals surface area (Å²) in [5.74, 6) is 0.990. The summed E-state index contributed by atoms with van der Waals surface area (Å²) in [7, 11) is 3.14. The summed E-state index contributed by atoms with van der Waals surface area (Å²) >= 11 is 0. The number of nitrogens with zero attached hydrogens (tertiary/aromatic N) is 1. The number of nitrogens with one attached hydrogen (secondary N) is 1. The smallest absolute Gasteiger partial charge is 0.243 e. The van der Waals surface area contributed by atoms with E-state index in [9.17, 15) is 9.59 Å². The molecule has 0 aromatic heterocycles. The van der Waals surface area contributed by atoms with Gasteiger partial charge in [-0.2, -0.15) is 0 Å². The largest absolute Gasteiger partial charge is 0.493 e. The van der Waals surface area contributed by atoms with Gasteiger partial charge in [0.25, 0.3) is 0 Å². The molecule has 1 atom stereocenters. The highest BCUT2D eigenvalue weighted by molar-refractivity contribution is 5.90. The summed E-state index contributed by atoms with van der Waals surface area (Å²) in [4.78, 5) is 27.7. The lowest BCUT2D eigenvalue weighted by atomic mass is 9.97. The molecule has 1 N–H and O–H groups in total. The zero-order valence-corrected chi connectivity index (χ0v) is 18.9. The van der Waals surface area contributed by atoms with Gasteiger partial charge in [0.05, 0.1) is 20.6 Å². The lowest BCUT2D eigenvalue weighted by Crippen LogP contribution is -2.58. The van der Waals surface area contributed by atoms with E-state index in [1.807, 2.05) is 36.4 Å². The zero-order valence-electron chi connectivity index (χ0n) is 18.9. The van der Waals surface area contributed by atoms with Crippen LogP contribution in [0.3, 0.4) is 0 Å². The molecule has 1 saturated heterocycles. The Morgan fingerprint density at radius 1 is 0.909 bits per heavy atom. The molecule has 6 nitrogen and oxygen atoms in total. The van der Waals surface area contributed by atoms with Crippen molar-refractivity contribution in [3.8, 4) is 22.6 Å². The van der Waals surface area contributed by atoms with Gasteiger partial charge in [-0.3, -0.25) is 9.59 Å². The minimum absolute atomic E-state index is 0.0821. The van der Waals surface area contributed by atoms with E-state index in [0.717, 1.165) is 22.3 Å². The second-order valence-electron chi connectivity index (χ2n) is 8.03. The molecule has 1 heterocycles. The lowest BCUT2D eigenvalue weighted by Gasteiger charge is -2.35. The fourth-order valence-corrected chi connectivity index (χ4v) is 4.21. The number of benzene rings is 3. The Morgan fingerprint density at radius 3 is 2.42 bits per heavy atom. The van der Waals surface area contributed by atoms with Gasteiger partial charge in [-0.15, -0.1) is 0 Å². The minimum atomic E-state index is -0.544. The van der Waals surface area contributed by atoms with E-state index in [-0.39, 0.29) is 18.2 Å². The first-order valence-corrected chi connectivity index (χ1v) is 11.0. The molecule has 1 aliphatic heterocycles. The quantitative estimate of drug-likeness (QED) is 0.606. The Balaban J connectivity index is 1.52. The van der Waals surface area contributed by atoms with Gasteiger partial charge in [0, 0.05) is 19.5 Å². The summed E-state index contributed by atoms with van der Waals surface area (Å²) in [6.45, 7) is 0.942. The number of methoxy groups -OCH3 is 2. The summed E-state index contributed by atoms with van der Waals surface area (Å²) in [6, 6.07) is 23.2. The normalized spacial score (nSPS) is 15.6.